The fourth-order valence-corrected chi connectivity index (χ4v) is 4.82. The Kier molecular flexibility index (Phi) is 10.4. The molecule has 0 fully saturated rings. The topological polar surface area (TPSA) is 82.1 Å². The van der Waals surface area contributed by atoms with Crippen molar-refractivity contribution in [1.82, 2.24) is 29.3 Å². The second kappa shape index (κ2) is 14.4. The number of anilines is 1. The van der Waals surface area contributed by atoms with Crippen molar-refractivity contribution in [3.8, 4) is 0 Å². The van der Waals surface area contributed by atoms with Gasteiger partial charge in [0.2, 0.25) is 0 Å². The van der Waals surface area contributed by atoms with Crippen molar-refractivity contribution in [3.05, 3.63) is 102 Å². The highest BCUT2D eigenvalue weighted by atomic mass is 16.1. The predicted molar refractivity (Wildman–Crippen MR) is 156 cm³/mol. The van der Waals surface area contributed by atoms with Gasteiger partial charge in [0.1, 0.15) is 11.6 Å². The fourth-order valence-electron chi connectivity index (χ4n) is 4.82. The molecule has 8 nitrogen and oxygen atoms in total. The van der Waals surface area contributed by atoms with Crippen molar-refractivity contribution >= 4 is 11.6 Å². The number of H-pyrrole nitrogens is 1. The molecule has 0 saturated heterocycles. The summed E-state index contributed by atoms with van der Waals surface area (Å²) in [5, 5.41) is 3.04. The number of aryl methyl sites for hydroxylation is 1. The molecule has 0 aliphatic rings. The van der Waals surface area contributed by atoms with Crippen molar-refractivity contribution in [2.45, 2.75) is 66.3 Å². The minimum Gasteiger partial charge on any atom is -0.348 e. The molecule has 0 atom stereocenters. The summed E-state index contributed by atoms with van der Waals surface area (Å²) in [5.74, 6) is 1.83. The molecule has 0 bridgehead atoms. The number of rotatable bonds is 15. The van der Waals surface area contributed by atoms with E-state index < -0.39 is 0 Å². The maximum absolute atomic E-state index is 12.9. The number of aromatic amines is 1. The van der Waals surface area contributed by atoms with E-state index in [1.54, 1.807) is 6.20 Å². The summed E-state index contributed by atoms with van der Waals surface area (Å²) in [6.45, 7) is 12.7. The van der Waals surface area contributed by atoms with E-state index in [0.717, 1.165) is 61.9 Å². The van der Waals surface area contributed by atoms with Crippen LogP contribution >= 0.6 is 0 Å². The van der Waals surface area contributed by atoms with Crippen LogP contribution in [-0.2, 0) is 32.7 Å². The second-order valence-corrected chi connectivity index (χ2v) is 9.93. The smallest absolute Gasteiger partial charge is 0.255 e. The summed E-state index contributed by atoms with van der Waals surface area (Å²) in [4.78, 5) is 29.8. The summed E-state index contributed by atoms with van der Waals surface area (Å²) in [6.07, 6.45) is 9.77. The first kappa shape index (κ1) is 28.3. The van der Waals surface area contributed by atoms with E-state index in [1.165, 1.54) is 5.56 Å². The zero-order chi connectivity index (χ0) is 27.5. The number of hydrogen-bond donors (Lipinski definition) is 2. The molecule has 206 valence electrons. The normalized spacial score (nSPS) is 11.4. The average Bonchev–Trinajstić information content (AvgIpc) is 3.62. The lowest BCUT2D eigenvalue weighted by molar-refractivity contribution is 0.102. The number of benzene rings is 2. The fraction of sp³-hybridized carbons (Fsp3) is 0.387. The van der Waals surface area contributed by atoms with Crippen molar-refractivity contribution in [3.63, 3.8) is 0 Å². The second-order valence-electron chi connectivity index (χ2n) is 9.93. The Bertz CT molecular complexity index is 1260. The molecule has 0 aliphatic carbocycles. The number of hydrogen-bond acceptors (Lipinski definition) is 5. The van der Waals surface area contributed by atoms with Crippen LogP contribution < -0.4 is 5.32 Å². The van der Waals surface area contributed by atoms with E-state index in [1.807, 2.05) is 55.0 Å². The molecule has 4 aromatic rings. The van der Waals surface area contributed by atoms with Crippen LogP contribution in [0.4, 0.5) is 5.69 Å². The maximum Gasteiger partial charge on any atom is 0.255 e. The largest absolute Gasteiger partial charge is 0.348 e. The van der Waals surface area contributed by atoms with Crippen LogP contribution in [0.25, 0.3) is 0 Å². The molecule has 2 N–H and O–H groups in total. The molecule has 2 aromatic carbocycles. The molecule has 39 heavy (non-hydrogen) atoms. The summed E-state index contributed by atoms with van der Waals surface area (Å²) in [5.41, 5.74) is 3.83. The minimum atomic E-state index is -0.106. The third-order valence-electron chi connectivity index (χ3n) is 6.76. The number of carbonyl (C=O) groups excluding carboxylic acids is 1. The molecule has 2 heterocycles. The first-order chi connectivity index (χ1) is 19.1. The Morgan fingerprint density at radius 2 is 1.49 bits per heavy atom. The van der Waals surface area contributed by atoms with Crippen LogP contribution in [0.15, 0.2) is 73.3 Å². The van der Waals surface area contributed by atoms with E-state index in [-0.39, 0.29) is 5.91 Å². The molecule has 2 aromatic heterocycles. The van der Waals surface area contributed by atoms with Gasteiger partial charge in [0.15, 0.2) is 0 Å². The van der Waals surface area contributed by atoms with E-state index in [4.69, 9.17) is 0 Å². The molecule has 0 aliphatic heterocycles. The number of nitrogens with zero attached hydrogens (tertiary/aromatic N) is 5. The van der Waals surface area contributed by atoms with Crippen molar-refractivity contribution in [1.29, 1.82) is 0 Å². The van der Waals surface area contributed by atoms with Gasteiger partial charge in [-0.1, -0.05) is 38.1 Å². The molecule has 0 saturated carbocycles. The highest BCUT2D eigenvalue weighted by Crippen LogP contribution is 2.16. The Morgan fingerprint density at radius 3 is 2.10 bits per heavy atom. The zero-order valence-electron chi connectivity index (χ0n) is 23.4. The van der Waals surface area contributed by atoms with Crippen LogP contribution in [0.2, 0.25) is 0 Å². The third kappa shape index (κ3) is 8.37. The number of nitrogens with one attached hydrogen (secondary N) is 2. The van der Waals surface area contributed by atoms with Gasteiger partial charge < -0.3 is 14.9 Å². The van der Waals surface area contributed by atoms with Gasteiger partial charge in [0.05, 0.1) is 13.1 Å². The lowest BCUT2D eigenvalue weighted by Gasteiger charge is -2.21. The van der Waals surface area contributed by atoms with E-state index in [2.05, 4.69) is 67.5 Å². The van der Waals surface area contributed by atoms with Crippen LogP contribution in [-0.4, -0.2) is 48.3 Å². The Hall–Kier alpha value is -3.75. The SMILES string of the molecule is CCCN(CCC)Cc1ccc(NC(=O)c2ccc(CN(Cc3ncc[nH]3)Cc3nccn3CC)cc2)cc1. The molecular weight excluding hydrogens is 486 g/mol. The van der Waals surface area contributed by atoms with Crippen molar-refractivity contribution in [2.75, 3.05) is 18.4 Å². The Balaban J connectivity index is 1.36. The molecule has 8 heteroatoms. The van der Waals surface area contributed by atoms with Gasteiger partial charge in [-0.2, -0.15) is 0 Å². The molecule has 0 unspecified atom stereocenters. The Labute approximate surface area is 232 Å². The van der Waals surface area contributed by atoms with Crippen LogP contribution in [0.3, 0.4) is 0 Å². The highest BCUT2D eigenvalue weighted by Gasteiger charge is 2.14. The van der Waals surface area contributed by atoms with Gasteiger partial charge in [-0.3, -0.25) is 14.6 Å². The summed E-state index contributed by atoms with van der Waals surface area (Å²) in [7, 11) is 0. The number of amides is 1. The number of carbonyl (C=O) groups is 1. The summed E-state index contributed by atoms with van der Waals surface area (Å²) in [6, 6.07) is 16.0. The van der Waals surface area contributed by atoms with Crippen LogP contribution in [0.5, 0.6) is 0 Å². The van der Waals surface area contributed by atoms with E-state index in [0.29, 0.717) is 25.2 Å². The van der Waals surface area contributed by atoms with Crippen LogP contribution in [0, 0.1) is 0 Å². The molecule has 0 radical (unpaired) electrons. The maximum atomic E-state index is 12.9. The molecule has 0 spiro atoms. The zero-order valence-corrected chi connectivity index (χ0v) is 23.4. The molecule has 4 rings (SSSR count). The quantitative estimate of drug-likeness (QED) is 0.207. The minimum absolute atomic E-state index is 0.106. The van der Waals surface area contributed by atoms with Crippen LogP contribution in [0.1, 0.15) is 66.7 Å². The monoisotopic (exact) mass is 527 g/mol. The first-order valence-electron chi connectivity index (χ1n) is 14.0. The summed E-state index contributed by atoms with van der Waals surface area (Å²) < 4.78 is 2.15. The first-order valence-corrected chi connectivity index (χ1v) is 14.0. The van der Waals surface area contributed by atoms with Gasteiger partial charge in [0, 0.05) is 55.7 Å². The Morgan fingerprint density at radius 1 is 0.821 bits per heavy atom. The van der Waals surface area contributed by atoms with E-state index >= 15 is 0 Å². The van der Waals surface area contributed by atoms with Gasteiger partial charge in [-0.05, 0) is 68.2 Å². The number of imidazole rings is 2. The molecule has 1 amide bonds. The third-order valence-corrected chi connectivity index (χ3v) is 6.76. The lowest BCUT2D eigenvalue weighted by atomic mass is 10.1. The average molecular weight is 528 g/mol. The molecular formula is C31H41N7O. The van der Waals surface area contributed by atoms with E-state index in [9.17, 15) is 4.79 Å². The predicted octanol–water partition coefficient (Wildman–Crippen LogP) is 5.70. The van der Waals surface area contributed by atoms with Gasteiger partial charge >= 0.3 is 0 Å². The van der Waals surface area contributed by atoms with Gasteiger partial charge in [-0.25, -0.2) is 9.97 Å². The van der Waals surface area contributed by atoms with Gasteiger partial charge in [0.25, 0.3) is 5.91 Å². The lowest BCUT2D eigenvalue weighted by Crippen LogP contribution is -2.25. The van der Waals surface area contributed by atoms with Gasteiger partial charge in [-0.15, -0.1) is 0 Å². The highest BCUT2D eigenvalue weighted by molar-refractivity contribution is 6.04. The summed E-state index contributed by atoms with van der Waals surface area (Å²) >= 11 is 0. The van der Waals surface area contributed by atoms with Crippen molar-refractivity contribution < 1.29 is 4.79 Å². The van der Waals surface area contributed by atoms with Crippen molar-refractivity contribution in [2.24, 2.45) is 0 Å². The number of aromatic nitrogens is 4. The standard InChI is InChI=1S/C31H41N7O/c1-4-18-36(19-5-2)21-26-9-13-28(14-10-26)35-31(39)27-11-7-25(8-12-27)22-37(23-29-32-15-16-33-29)24-30-34-17-20-38(30)6-3/h7-17,20H,4-6,18-19,21-24H2,1-3H3,(H,32,33)(H,35,39).